The summed E-state index contributed by atoms with van der Waals surface area (Å²) in [6.07, 6.45) is 2.92. The van der Waals surface area contributed by atoms with E-state index in [0.717, 1.165) is 11.1 Å². The SMILES string of the molecule is CCOC(=O)c1c(-c2cc(C)ccc2OC)csc1NC(=O)/C=C/c1ccc(Cl)cc1Cl. The highest BCUT2D eigenvalue weighted by Gasteiger charge is 2.24. The van der Waals surface area contributed by atoms with Crippen LogP contribution >= 0.6 is 34.5 Å². The molecule has 0 saturated carbocycles. The van der Waals surface area contributed by atoms with Gasteiger partial charge in [-0.15, -0.1) is 11.3 Å². The zero-order valence-electron chi connectivity index (χ0n) is 17.7. The number of rotatable bonds is 7. The third-order valence-electron chi connectivity index (χ3n) is 4.53. The maximum Gasteiger partial charge on any atom is 0.341 e. The lowest BCUT2D eigenvalue weighted by atomic mass is 10.0. The second-order valence-electron chi connectivity index (χ2n) is 6.77. The fourth-order valence-electron chi connectivity index (χ4n) is 3.04. The number of halogens is 2. The number of aryl methyl sites for hydroxylation is 1. The van der Waals surface area contributed by atoms with E-state index in [1.54, 1.807) is 43.7 Å². The summed E-state index contributed by atoms with van der Waals surface area (Å²) in [6, 6.07) is 10.7. The molecular formula is C24H21Cl2NO4S. The topological polar surface area (TPSA) is 64.6 Å². The first-order chi connectivity index (χ1) is 15.3. The number of hydrogen-bond acceptors (Lipinski definition) is 5. The van der Waals surface area contributed by atoms with Gasteiger partial charge in [-0.25, -0.2) is 4.79 Å². The zero-order chi connectivity index (χ0) is 23.3. The Kier molecular flexibility index (Phi) is 7.96. The molecule has 0 spiro atoms. The number of carbonyl (C=O) groups excluding carboxylic acids is 2. The van der Waals surface area contributed by atoms with Crippen molar-refractivity contribution in [3.63, 3.8) is 0 Å². The second-order valence-corrected chi connectivity index (χ2v) is 8.49. The molecule has 1 aromatic heterocycles. The van der Waals surface area contributed by atoms with Gasteiger partial charge in [-0.2, -0.15) is 0 Å². The van der Waals surface area contributed by atoms with Gasteiger partial charge in [-0.3, -0.25) is 4.79 Å². The van der Waals surface area contributed by atoms with Crippen molar-refractivity contribution in [2.75, 3.05) is 19.0 Å². The zero-order valence-corrected chi connectivity index (χ0v) is 20.0. The Labute approximate surface area is 200 Å². The third kappa shape index (κ3) is 5.51. The number of hydrogen-bond donors (Lipinski definition) is 1. The highest BCUT2D eigenvalue weighted by atomic mass is 35.5. The number of amides is 1. The van der Waals surface area contributed by atoms with Gasteiger partial charge in [0.05, 0.1) is 13.7 Å². The molecule has 3 aromatic rings. The number of ether oxygens (including phenoxy) is 2. The molecule has 0 atom stereocenters. The van der Waals surface area contributed by atoms with E-state index in [-0.39, 0.29) is 12.2 Å². The van der Waals surface area contributed by atoms with E-state index in [1.165, 1.54) is 17.4 Å². The molecule has 0 aliphatic heterocycles. The standard InChI is InChI=1S/C24H21Cl2NO4S/c1-4-31-24(29)22-18(17-11-14(2)5-9-20(17)30-3)13-32-23(22)27-21(28)10-7-15-6-8-16(25)12-19(15)26/h5-13H,4H2,1-3H3,(H,27,28)/b10-7+. The summed E-state index contributed by atoms with van der Waals surface area (Å²) < 4.78 is 10.7. The summed E-state index contributed by atoms with van der Waals surface area (Å²) in [7, 11) is 1.57. The number of thiophene rings is 1. The number of benzene rings is 2. The van der Waals surface area contributed by atoms with Gasteiger partial charge in [0, 0.05) is 32.6 Å². The van der Waals surface area contributed by atoms with Crippen LogP contribution in [0.2, 0.25) is 10.0 Å². The summed E-state index contributed by atoms with van der Waals surface area (Å²) in [5.41, 5.74) is 3.32. The van der Waals surface area contributed by atoms with Gasteiger partial charge in [0.25, 0.3) is 0 Å². The molecule has 0 unspecified atom stereocenters. The lowest BCUT2D eigenvalue weighted by molar-refractivity contribution is -0.111. The molecule has 3 rings (SSSR count). The number of carbonyl (C=O) groups is 2. The van der Waals surface area contributed by atoms with Crippen LogP contribution in [-0.2, 0) is 9.53 Å². The summed E-state index contributed by atoms with van der Waals surface area (Å²) >= 11 is 13.3. The summed E-state index contributed by atoms with van der Waals surface area (Å²) in [4.78, 5) is 25.4. The highest BCUT2D eigenvalue weighted by Crippen LogP contribution is 2.40. The van der Waals surface area contributed by atoms with E-state index in [4.69, 9.17) is 32.7 Å². The Balaban J connectivity index is 1.95. The van der Waals surface area contributed by atoms with E-state index in [1.807, 2.05) is 25.1 Å². The Bertz CT molecular complexity index is 1190. The lowest BCUT2D eigenvalue weighted by Crippen LogP contribution is -2.12. The third-order valence-corrected chi connectivity index (χ3v) is 5.99. The monoisotopic (exact) mass is 489 g/mol. The first-order valence-corrected chi connectivity index (χ1v) is 11.3. The molecule has 0 aliphatic rings. The van der Waals surface area contributed by atoms with Crippen molar-refractivity contribution >= 4 is 57.5 Å². The molecular weight excluding hydrogens is 469 g/mol. The van der Waals surface area contributed by atoms with Crippen molar-refractivity contribution in [3.05, 3.63) is 74.6 Å². The van der Waals surface area contributed by atoms with Crippen molar-refractivity contribution in [3.8, 4) is 16.9 Å². The van der Waals surface area contributed by atoms with Crippen LogP contribution in [0, 0.1) is 6.92 Å². The van der Waals surface area contributed by atoms with Crippen LogP contribution in [0.25, 0.3) is 17.2 Å². The predicted molar refractivity (Wildman–Crippen MR) is 131 cm³/mol. The van der Waals surface area contributed by atoms with Crippen LogP contribution in [-0.4, -0.2) is 25.6 Å². The van der Waals surface area contributed by atoms with Crippen LogP contribution in [0.4, 0.5) is 5.00 Å². The Hall–Kier alpha value is -2.80. The summed E-state index contributed by atoms with van der Waals surface area (Å²) in [5.74, 6) is -0.312. The molecule has 32 heavy (non-hydrogen) atoms. The number of anilines is 1. The van der Waals surface area contributed by atoms with E-state index in [2.05, 4.69) is 5.32 Å². The molecule has 0 fully saturated rings. The molecule has 166 valence electrons. The molecule has 0 saturated heterocycles. The number of nitrogens with one attached hydrogen (secondary N) is 1. The first kappa shape index (κ1) is 23.9. The average Bonchev–Trinajstić information content (AvgIpc) is 3.16. The molecule has 1 N–H and O–H groups in total. The molecule has 0 aliphatic carbocycles. The molecule has 1 amide bonds. The Morgan fingerprint density at radius 3 is 2.59 bits per heavy atom. The summed E-state index contributed by atoms with van der Waals surface area (Å²) in [6.45, 7) is 3.89. The van der Waals surface area contributed by atoms with Crippen molar-refractivity contribution in [2.24, 2.45) is 0 Å². The minimum absolute atomic E-state index is 0.210. The Morgan fingerprint density at radius 2 is 1.91 bits per heavy atom. The van der Waals surface area contributed by atoms with Gasteiger partial charge < -0.3 is 14.8 Å². The molecule has 8 heteroatoms. The fraction of sp³-hybridized carbons (Fsp3) is 0.167. The minimum atomic E-state index is -0.521. The normalized spacial score (nSPS) is 10.9. The maximum absolute atomic E-state index is 12.8. The molecule has 2 aromatic carbocycles. The lowest BCUT2D eigenvalue weighted by Gasteiger charge is -2.11. The van der Waals surface area contributed by atoms with E-state index in [0.29, 0.717) is 31.9 Å². The van der Waals surface area contributed by atoms with Crippen LogP contribution in [0.3, 0.4) is 0 Å². The van der Waals surface area contributed by atoms with Crippen LogP contribution in [0.15, 0.2) is 47.9 Å². The largest absolute Gasteiger partial charge is 0.496 e. The Morgan fingerprint density at radius 1 is 1.12 bits per heavy atom. The molecule has 1 heterocycles. The predicted octanol–water partition coefficient (Wildman–Crippen LogP) is 6.87. The fourth-order valence-corrected chi connectivity index (χ4v) is 4.46. The van der Waals surface area contributed by atoms with Gasteiger partial charge in [0.15, 0.2) is 0 Å². The van der Waals surface area contributed by atoms with Crippen molar-refractivity contribution in [1.29, 1.82) is 0 Å². The average molecular weight is 490 g/mol. The van der Waals surface area contributed by atoms with Crippen LogP contribution in [0.5, 0.6) is 5.75 Å². The highest BCUT2D eigenvalue weighted by molar-refractivity contribution is 7.15. The second kappa shape index (κ2) is 10.7. The van der Waals surface area contributed by atoms with Crippen LogP contribution in [0.1, 0.15) is 28.4 Å². The quantitative estimate of drug-likeness (QED) is 0.290. The van der Waals surface area contributed by atoms with Gasteiger partial charge >= 0.3 is 5.97 Å². The van der Waals surface area contributed by atoms with Gasteiger partial charge in [-0.1, -0.05) is 40.9 Å². The minimum Gasteiger partial charge on any atom is -0.496 e. The van der Waals surface area contributed by atoms with Crippen molar-refractivity contribution < 1.29 is 19.1 Å². The van der Waals surface area contributed by atoms with Gasteiger partial charge in [0.1, 0.15) is 16.3 Å². The van der Waals surface area contributed by atoms with Gasteiger partial charge in [0.2, 0.25) is 5.91 Å². The smallest absolute Gasteiger partial charge is 0.341 e. The maximum atomic E-state index is 12.8. The van der Waals surface area contributed by atoms with E-state index in [9.17, 15) is 9.59 Å². The molecule has 5 nitrogen and oxygen atoms in total. The van der Waals surface area contributed by atoms with E-state index < -0.39 is 11.9 Å². The van der Waals surface area contributed by atoms with Gasteiger partial charge in [-0.05, 0) is 49.8 Å². The van der Waals surface area contributed by atoms with E-state index >= 15 is 0 Å². The molecule has 0 bridgehead atoms. The number of esters is 1. The number of methoxy groups -OCH3 is 1. The summed E-state index contributed by atoms with van der Waals surface area (Å²) in [5, 5.41) is 5.90. The van der Waals surface area contributed by atoms with Crippen molar-refractivity contribution in [2.45, 2.75) is 13.8 Å². The van der Waals surface area contributed by atoms with Crippen molar-refractivity contribution in [1.82, 2.24) is 0 Å². The first-order valence-electron chi connectivity index (χ1n) is 9.71. The molecule has 0 radical (unpaired) electrons. The van der Waals surface area contributed by atoms with Crippen LogP contribution < -0.4 is 10.1 Å².